The fraction of sp³-hybridized carbons (Fsp3) is 0.214. The SMILES string of the molecule is BrCC(Cc1cncc(Br)c1)c1cccc(Br)c1. The number of aromatic nitrogens is 1. The second kappa shape index (κ2) is 6.83. The van der Waals surface area contributed by atoms with Gasteiger partial charge in [0.15, 0.2) is 0 Å². The second-order valence-electron chi connectivity index (χ2n) is 4.12. The molecule has 0 N–H and O–H groups in total. The molecule has 0 aliphatic rings. The Labute approximate surface area is 132 Å². The first-order valence-electron chi connectivity index (χ1n) is 5.60. The van der Waals surface area contributed by atoms with Crippen molar-refractivity contribution in [2.45, 2.75) is 12.3 Å². The fourth-order valence-corrected chi connectivity index (χ4v) is 3.31. The highest BCUT2D eigenvalue weighted by Crippen LogP contribution is 2.26. The lowest BCUT2D eigenvalue weighted by Gasteiger charge is -2.15. The van der Waals surface area contributed by atoms with Crippen molar-refractivity contribution in [2.75, 3.05) is 5.33 Å². The molecule has 1 nitrogen and oxygen atoms in total. The third-order valence-electron chi connectivity index (χ3n) is 2.75. The Morgan fingerprint density at radius 2 is 1.89 bits per heavy atom. The van der Waals surface area contributed by atoms with E-state index < -0.39 is 0 Å². The lowest BCUT2D eigenvalue weighted by Crippen LogP contribution is -2.04. The van der Waals surface area contributed by atoms with E-state index in [1.165, 1.54) is 11.1 Å². The predicted molar refractivity (Wildman–Crippen MR) is 86.3 cm³/mol. The molecule has 0 saturated heterocycles. The number of nitrogens with zero attached hydrogens (tertiary/aromatic N) is 1. The summed E-state index contributed by atoms with van der Waals surface area (Å²) in [5, 5.41) is 0.940. The van der Waals surface area contributed by atoms with Crippen LogP contribution < -0.4 is 0 Å². The van der Waals surface area contributed by atoms with Gasteiger partial charge in [0.05, 0.1) is 0 Å². The maximum absolute atomic E-state index is 4.21. The Bertz CT molecular complexity index is 528. The van der Waals surface area contributed by atoms with E-state index in [1.807, 2.05) is 12.4 Å². The Morgan fingerprint density at radius 1 is 1.06 bits per heavy atom. The quantitative estimate of drug-likeness (QED) is 0.594. The first-order chi connectivity index (χ1) is 8.69. The number of rotatable bonds is 4. The lowest BCUT2D eigenvalue weighted by atomic mass is 9.94. The Hall–Kier alpha value is -0.190. The van der Waals surface area contributed by atoms with Gasteiger partial charge in [-0.2, -0.15) is 0 Å². The maximum atomic E-state index is 4.21. The molecule has 0 fully saturated rings. The van der Waals surface area contributed by atoms with E-state index in [-0.39, 0.29) is 0 Å². The van der Waals surface area contributed by atoms with Gasteiger partial charge >= 0.3 is 0 Å². The van der Waals surface area contributed by atoms with Gasteiger partial charge in [0.2, 0.25) is 0 Å². The van der Waals surface area contributed by atoms with Gasteiger partial charge in [-0.05, 0) is 57.6 Å². The van der Waals surface area contributed by atoms with Gasteiger partial charge in [0.1, 0.15) is 0 Å². The summed E-state index contributed by atoms with van der Waals surface area (Å²) >= 11 is 10.6. The summed E-state index contributed by atoms with van der Waals surface area (Å²) in [7, 11) is 0. The van der Waals surface area contributed by atoms with Crippen LogP contribution in [0.3, 0.4) is 0 Å². The number of hydrogen-bond donors (Lipinski definition) is 0. The summed E-state index contributed by atoms with van der Waals surface area (Å²) in [4.78, 5) is 4.21. The molecular formula is C14H12Br3N. The summed E-state index contributed by atoms with van der Waals surface area (Å²) in [6, 6.07) is 10.6. The zero-order valence-corrected chi connectivity index (χ0v) is 14.4. The predicted octanol–water partition coefficient (Wildman–Crippen LogP) is 5.33. The molecule has 18 heavy (non-hydrogen) atoms. The summed E-state index contributed by atoms with van der Waals surface area (Å²) in [6.45, 7) is 0. The summed E-state index contributed by atoms with van der Waals surface area (Å²) < 4.78 is 2.15. The smallest absolute Gasteiger partial charge is 0.0410 e. The van der Waals surface area contributed by atoms with Crippen LogP contribution >= 0.6 is 47.8 Å². The van der Waals surface area contributed by atoms with Crippen molar-refractivity contribution in [3.8, 4) is 0 Å². The number of halogens is 3. The third kappa shape index (κ3) is 3.90. The fourth-order valence-electron chi connectivity index (χ4n) is 1.87. The number of alkyl halides is 1. The first kappa shape index (κ1) is 14.2. The largest absolute Gasteiger partial charge is 0.263 e. The van der Waals surface area contributed by atoms with Gasteiger partial charge in [-0.25, -0.2) is 0 Å². The lowest BCUT2D eigenvalue weighted by molar-refractivity contribution is 0.771. The Kier molecular flexibility index (Phi) is 5.39. The molecule has 1 aromatic heterocycles. The van der Waals surface area contributed by atoms with Crippen molar-refractivity contribution in [3.63, 3.8) is 0 Å². The molecule has 1 unspecified atom stereocenters. The van der Waals surface area contributed by atoms with Crippen LogP contribution in [0.25, 0.3) is 0 Å². The van der Waals surface area contributed by atoms with Crippen LogP contribution in [0.2, 0.25) is 0 Å². The average molecular weight is 434 g/mol. The molecule has 1 heterocycles. The number of hydrogen-bond acceptors (Lipinski definition) is 1. The molecule has 2 aromatic rings. The molecule has 1 aromatic carbocycles. The standard InChI is InChI=1S/C14H12Br3N/c15-7-12(11-2-1-3-13(16)6-11)4-10-5-14(17)9-18-8-10/h1-3,5-6,8-9,12H,4,7H2. The van der Waals surface area contributed by atoms with Gasteiger partial charge in [0.25, 0.3) is 0 Å². The van der Waals surface area contributed by atoms with Crippen LogP contribution in [0.4, 0.5) is 0 Å². The van der Waals surface area contributed by atoms with Crippen LogP contribution in [0.15, 0.2) is 51.7 Å². The molecule has 0 radical (unpaired) electrons. The molecule has 1 atom stereocenters. The summed E-state index contributed by atoms with van der Waals surface area (Å²) in [5.41, 5.74) is 2.58. The van der Waals surface area contributed by atoms with Crippen molar-refractivity contribution >= 4 is 47.8 Å². The van der Waals surface area contributed by atoms with Crippen LogP contribution in [0, 0.1) is 0 Å². The molecule has 0 aliphatic carbocycles. The molecule has 0 aliphatic heterocycles. The van der Waals surface area contributed by atoms with E-state index in [4.69, 9.17) is 0 Å². The van der Waals surface area contributed by atoms with E-state index in [9.17, 15) is 0 Å². The van der Waals surface area contributed by atoms with E-state index in [0.29, 0.717) is 5.92 Å². The highest BCUT2D eigenvalue weighted by molar-refractivity contribution is 9.10. The van der Waals surface area contributed by atoms with Crippen LogP contribution in [0.1, 0.15) is 17.0 Å². The number of benzene rings is 1. The molecule has 4 heteroatoms. The van der Waals surface area contributed by atoms with Crippen molar-refractivity contribution in [1.82, 2.24) is 4.98 Å². The zero-order valence-electron chi connectivity index (χ0n) is 9.61. The van der Waals surface area contributed by atoms with Crippen molar-refractivity contribution in [3.05, 3.63) is 62.8 Å². The van der Waals surface area contributed by atoms with E-state index in [1.54, 1.807) is 0 Å². The minimum Gasteiger partial charge on any atom is -0.263 e. The highest BCUT2D eigenvalue weighted by atomic mass is 79.9. The van der Waals surface area contributed by atoms with Gasteiger partial charge in [0, 0.05) is 26.7 Å². The molecule has 0 spiro atoms. The van der Waals surface area contributed by atoms with Crippen molar-refractivity contribution in [2.24, 2.45) is 0 Å². The summed E-state index contributed by atoms with van der Waals surface area (Å²) in [6.07, 6.45) is 4.72. The van der Waals surface area contributed by atoms with Crippen LogP contribution in [0.5, 0.6) is 0 Å². The summed E-state index contributed by atoms with van der Waals surface area (Å²) in [5.74, 6) is 0.457. The minimum absolute atomic E-state index is 0.457. The second-order valence-corrected chi connectivity index (χ2v) is 6.60. The van der Waals surface area contributed by atoms with Crippen molar-refractivity contribution in [1.29, 1.82) is 0 Å². The highest BCUT2D eigenvalue weighted by Gasteiger charge is 2.11. The molecule has 2 rings (SSSR count). The van der Waals surface area contributed by atoms with Gasteiger partial charge < -0.3 is 0 Å². The van der Waals surface area contributed by atoms with Crippen LogP contribution in [-0.4, -0.2) is 10.3 Å². The van der Waals surface area contributed by atoms with E-state index >= 15 is 0 Å². The van der Waals surface area contributed by atoms with Crippen molar-refractivity contribution < 1.29 is 0 Å². The van der Waals surface area contributed by atoms with Crippen LogP contribution in [-0.2, 0) is 6.42 Å². The number of pyridine rings is 1. The third-order valence-corrected chi connectivity index (χ3v) is 4.46. The topological polar surface area (TPSA) is 12.9 Å². The van der Waals surface area contributed by atoms with Gasteiger partial charge in [-0.15, -0.1) is 0 Å². The normalized spacial score (nSPS) is 12.4. The molecule has 0 amide bonds. The first-order valence-corrected chi connectivity index (χ1v) is 8.30. The van der Waals surface area contributed by atoms with E-state index in [0.717, 1.165) is 20.7 Å². The molecule has 0 saturated carbocycles. The van der Waals surface area contributed by atoms with Gasteiger partial charge in [-0.1, -0.05) is 44.0 Å². The Balaban J connectivity index is 2.19. The van der Waals surface area contributed by atoms with E-state index in [2.05, 4.69) is 83.1 Å². The maximum Gasteiger partial charge on any atom is 0.0410 e. The molecule has 0 bridgehead atoms. The minimum atomic E-state index is 0.457. The van der Waals surface area contributed by atoms with Gasteiger partial charge in [-0.3, -0.25) is 4.98 Å². The average Bonchev–Trinajstić information content (AvgIpc) is 2.36. The monoisotopic (exact) mass is 431 g/mol. The molecule has 94 valence electrons. The zero-order chi connectivity index (χ0) is 13.0. The Morgan fingerprint density at radius 3 is 2.56 bits per heavy atom. The molecular weight excluding hydrogens is 422 g/mol.